The van der Waals surface area contributed by atoms with Crippen molar-refractivity contribution in [2.24, 2.45) is 0 Å². The average Bonchev–Trinajstić information content (AvgIpc) is 3.17. The Kier molecular flexibility index (Phi) is 6.32. The van der Waals surface area contributed by atoms with Crippen molar-refractivity contribution in [2.45, 2.75) is 50.7 Å². The van der Waals surface area contributed by atoms with Crippen molar-refractivity contribution in [1.82, 2.24) is 14.7 Å². The van der Waals surface area contributed by atoms with Crippen molar-refractivity contribution < 1.29 is 9.32 Å². The Morgan fingerprint density at radius 1 is 1.30 bits per heavy atom. The summed E-state index contributed by atoms with van der Waals surface area (Å²) in [4.78, 5) is 30.1. The third-order valence-electron chi connectivity index (χ3n) is 5.10. The quantitative estimate of drug-likeness (QED) is 0.345. The fraction of sp³-hybridized carbons (Fsp3) is 0.364. The number of aryl methyl sites for hydroxylation is 1. The lowest BCUT2D eigenvalue weighted by Gasteiger charge is -2.16. The monoisotopic (exact) mass is 424 g/mol. The first-order chi connectivity index (χ1) is 14.6. The standard InChI is InChI=1S/C22H24N4O3S/c1-15-13-19(25-29-15)24-20(27)14-30-22-23-18-10-6-5-9-17(18)21(28)26(22)12-11-16-7-3-2-4-8-16/h5-7,9-10,13H,2-4,8,11-12,14H2,1H3,(H,24,25,27). The van der Waals surface area contributed by atoms with E-state index in [2.05, 4.69) is 21.5 Å². The molecule has 0 saturated heterocycles. The maximum Gasteiger partial charge on any atom is 0.262 e. The van der Waals surface area contributed by atoms with Crippen LogP contribution in [0.15, 0.2) is 56.5 Å². The van der Waals surface area contributed by atoms with E-state index in [-0.39, 0.29) is 17.2 Å². The lowest BCUT2D eigenvalue weighted by atomic mass is 9.97. The van der Waals surface area contributed by atoms with Crippen LogP contribution in [0.4, 0.5) is 5.82 Å². The molecule has 30 heavy (non-hydrogen) atoms. The van der Waals surface area contributed by atoms with E-state index in [9.17, 15) is 9.59 Å². The van der Waals surface area contributed by atoms with E-state index < -0.39 is 0 Å². The molecular weight excluding hydrogens is 400 g/mol. The van der Waals surface area contributed by atoms with Crippen molar-refractivity contribution in [2.75, 3.05) is 11.1 Å². The molecule has 0 bridgehead atoms. The maximum absolute atomic E-state index is 13.1. The minimum absolute atomic E-state index is 0.0629. The van der Waals surface area contributed by atoms with E-state index in [0.29, 0.717) is 34.2 Å². The predicted octanol–water partition coefficient (Wildman–Crippen LogP) is 4.31. The predicted molar refractivity (Wildman–Crippen MR) is 118 cm³/mol. The van der Waals surface area contributed by atoms with Gasteiger partial charge in [-0.25, -0.2) is 4.98 Å². The Morgan fingerprint density at radius 2 is 2.17 bits per heavy atom. The molecule has 1 amide bonds. The molecule has 156 valence electrons. The van der Waals surface area contributed by atoms with Crippen LogP contribution >= 0.6 is 11.8 Å². The summed E-state index contributed by atoms with van der Waals surface area (Å²) in [5.74, 6) is 0.905. The van der Waals surface area contributed by atoms with Gasteiger partial charge >= 0.3 is 0 Å². The molecule has 2 heterocycles. The first-order valence-corrected chi connectivity index (χ1v) is 11.1. The Hall–Kier alpha value is -2.87. The fourth-order valence-electron chi connectivity index (χ4n) is 3.58. The zero-order valence-corrected chi connectivity index (χ0v) is 17.7. The average molecular weight is 425 g/mol. The first kappa shape index (κ1) is 20.4. The van der Waals surface area contributed by atoms with Crippen LogP contribution in [0.5, 0.6) is 0 Å². The van der Waals surface area contributed by atoms with Crippen molar-refractivity contribution in [1.29, 1.82) is 0 Å². The third kappa shape index (κ3) is 4.81. The summed E-state index contributed by atoms with van der Waals surface area (Å²) >= 11 is 1.26. The number of anilines is 1. The van der Waals surface area contributed by atoms with Gasteiger partial charge < -0.3 is 9.84 Å². The molecule has 0 aliphatic heterocycles. The van der Waals surface area contributed by atoms with Crippen molar-refractivity contribution in [3.63, 3.8) is 0 Å². The molecule has 3 aromatic rings. The molecule has 1 aromatic carbocycles. The summed E-state index contributed by atoms with van der Waals surface area (Å²) < 4.78 is 6.67. The highest BCUT2D eigenvalue weighted by atomic mass is 32.2. The van der Waals surface area contributed by atoms with E-state index in [1.165, 1.54) is 30.2 Å². The number of benzene rings is 1. The van der Waals surface area contributed by atoms with Crippen LogP contribution in [0.2, 0.25) is 0 Å². The van der Waals surface area contributed by atoms with Crippen LogP contribution in [-0.4, -0.2) is 26.4 Å². The van der Waals surface area contributed by atoms with E-state index >= 15 is 0 Å². The largest absolute Gasteiger partial charge is 0.360 e. The Morgan fingerprint density at radius 3 is 2.93 bits per heavy atom. The van der Waals surface area contributed by atoms with E-state index in [4.69, 9.17) is 4.52 Å². The minimum atomic E-state index is -0.225. The van der Waals surface area contributed by atoms with Gasteiger partial charge in [0.15, 0.2) is 11.0 Å². The summed E-state index contributed by atoms with van der Waals surface area (Å²) in [6, 6.07) is 8.99. The summed E-state index contributed by atoms with van der Waals surface area (Å²) in [5, 5.41) is 7.63. The van der Waals surface area contributed by atoms with Gasteiger partial charge in [-0.2, -0.15) is 0 Å². The van der Waals surface area contributed by atoms with Crippen molar-refractivity contribution in [3.8, 4) is 0 Å². The normalized spacial score (nSPS) is 14.0. The summed E-state index contributed by atoms with van der Waals surface area (Å²) in [7, 11) is 0. The third-order valence-corrected chi connectivity index (χ3v) is 6.07. The number of carbonyl (C=O) groups is 1. The van der Waals surface area contributed by atoms with Crippen molar-refractivity contribution >= 4 is 34.4 Å². The lowest BCUT2D eigenvalue weighted by molar-refractivity contribution is -0.113. The number of carbonyl (C=O) groups excluding carboxylic acids is 1. The fourth-order valence-corrected chi connectivity index (χ4v) is 4.40. The zero-order chi connectivity index (χ0) is 20.9. The molecule has 2 aromatic heterocycles. The smallest absolute Gasteiger partial charge is 0.262 e. The molecule has 1 aliphatic rings. The number of nitrogens with one attached hydrogen (secondary N) is 1. The number of hydrogen-bond donors (Lipinski definition) is 1. The molecule has 7 nitrogen and oxygen atoms in total. The second-order valence-electron chi connectivity index (χ2n) is 7.39. The summed E-state index contributed by atoms with van der Waals surface area (Å²) in [6.07, 6.45) is 7.78. The number of nitrogens with zero attached hydrogens (tertiary/aromatic N) is 3. The van der Waals surface area contributed by atoms with Crippen LogP contribution in [-0.2, 0) is 11.3 Å². The van der Waals surface area contributed by atoms with E-state index in [0.717, 1.165) is 19.3 Å². The second kappa shape index (κ2) is 9.30. The van der Waals surface area contributed by atoms with Gasteiger partial charge in [-0.3, -0.25) is 14.2 Å². The van der Waals surface area contributed by atoms with Crippen LogP contribution in [0.1, 0.15) is 37.9 Å². The van der Waals surface area contributed by atoms with Crippen LogP contribution in [0.25, 0.3) is 10.9 Å². The number of para-hydroxylation sites is 1. The maximum atomic E-state index is 13.1. The molecule has 4 rings (SSSR count). The number of amides is 1. The zero-order valence-electron chi connectivity index (χ0n) is 16.9. The highest BCUT2D eigenvalue weighted by molar-refractivity contribution is 7.99. The van der Waals surface area contributed by atoms with Crippen LogP contribution in [0.3, 0.4) is 0 Å². The van der Waals surface area contributed by atoms with Crippen LogP contribution in [0, 0.1) is 6.92 Å². The first-order valence-electron chi connectivity index (χ1n) is 10.1. The van der Waals surface area contributed by atoms with Gasteiger partial charge in [-0.15, -0.1) is 0 Å². The van der Waals surface area contributed by atoms with E-state index in [1.807, 2.05) is 18.2 Å². The second-order valence-corrected chi connectivity index (χ2v) is 8.33. The molecular formula is C22H24N4O3S. The molecule has 0 fully saturated rings. The van der Waals surface area contributed by atoms with Gasteiger partial charge in [-0.1, -0.05) is 40.7 Å². The molecule has 8 heteroatoms. The Bertz CT molecular complexity index is 1150. The minimum Gasteiger partial charge on any atom is -0.360 e. The van der Waals surface area contributed by atoms with Gasteiger partial charge in [0.2, 0.25) is 5.91 Å². The van der Waals surface area contributed by atoms with Gasteiger partial charge in [-0.05, 0) is 51.2 Å². The van der Waals surface area contributed by atoms with Crippen LogP contribution < -0.4 is 10.9 Å². The van der Waals surface area contributed by atoms with Gasteiger partial charge in [0.25, 0.3) is 5.56 Å². The highest BCUT2D eigenvalue weighted by Crippen LogP contribution is 2.23. The lowest BCUT2D eigenvalue weighted by Crippen LogP contribution is -2.24. The topological polar surface area (TPSA) is 90.0 Å². The van der Waals surface area contributed by atoms with Gasteiger partial charge in [0.05, 0.1) is 16.7 Å². The molecule has 1 aliphatic carbocycles. The SMILES string of the molecule is Cc1cc(NC(=O)CSc2nc3ccccc3c(=O)n2CCC2=CCCCC2)no1. The number of rotatable bonds is 7. The molecule has 1 N–H and O–H groups in total. The number of thioether (sulfide) groups is 1. The number of hydrogen-bond acceptors (Lipinski definition) is 6. The van der Waals surface area contributed by atoms with Crippen molar-refractivity contribution in [3.05, 3.63) is 58.1 Å². The number of fused-ring (bicyclic) bond motifs is 1. The number of aromatic nitrogens is 3. The molecule has 0 saturated carbocycles. The summed E-state index contributed by atoms with van der Waals surface area (Å²) in [5.41, 5.74) is 1.98. The van der Waals surface area contributed by atoms with Gasteiger partial charge in [0, 0.05) is 12.6 Å². The highest BCUT2D eigenvalue weighted by Gasteiger charge is 2.15. The molecule has 0 spiro atoms. The molecule has 0 unspecified atom stereocenters. The summed E-state index contributed by atoms with van der Waals surface area (Å²) in [6.45, 7) is 2.33. The number of allylic oxidation sites excluding steroid dienone is 2. The van der Waals surface area contributed by atoms with E-state index in [1.54, 1.807) is 23.6 Å². The van der Waals surface area contributed by atoms with Gasteiger partial charge in [0.1, 0.15) is 5.76 Å². The molecule has 0 radical (unpaired) electrons. The Balaban J connectivity index is 1.54. The Labute approximate surface area is 178 Å². The molecule has 0 atom stereocenters.